The van der Waals surface area contributed by atoms with E-state index in [0.29, 0.717) is 0 Å². The van der Waals surface area contributed by atoms with E-state index in [-0.39, 0.29) is 5.97 Å². The molecule has 1 atom stereocenters. The molecule has 0 saturated heterocycles. The normalized spacial score (nSPS) is 21.9. The molecule has 0 heterocycles. The Balaban J connectivity index is 2.86. The van der Waals surface area contributed by atoms with Crippen LogP contribution in [0.25, 0.3) is 0 Å². The summed E-state index contributed by atoms with van der Waals surface area (Å²) >= 11 is 0. The van der Waals surface area contributed by atoms with Crippen LogP contribution < -0.4 is 0 Å². The van der Waals surface area contributed by atoms with Crippen LogP contribution in [0, 0.1) is 5.41 Å². The molecule has 4 heteroatoms. The molecule has 1 rings (SSSR count). The third-order valence-electron chi connectivity index (χ3n) is 3.49. The molecule has 1 saturated carbocycles. The molecule has 0 amide bonds. The van der Waals surface area contributed by atoms with Gasteiger partial charge in [0.05, 0.1) is 5.41 Å². The lowest BCUT2D eigenvalue weighted by Gasteiger charge is -2.39. The standard InChI is InChI=1S/C13H24O4/c1-10(17-15)13(8-6-5-7-9-13)11(14)16-12(2,3)4/h10,15H,5-9H2,1-4H3. The van der Waals surface area contributed by atoms with Gasteiger partial charge < -0.3 is 4.74 Å². The molecule has 4 nitrogen and oxygen atoms in total. The third-order valence-corrected chi connectivity index (χ3v) is 3.49. The Hall–Kier alpha value is -0.610. The third kappa shape index (κ3) is 3.42. The van der Waals surface area contributed by atoms with E-state index in [1.54, 1.807) is 6.92 Å². The minimum Gasteiger partial charge on any atom is -0.459 e. The largest absolute Gasteiger partial charge is 0.459 e. The lowest BCUT2D eigenvalue weighted by Crippen LogP contribution is -2.47. The molecule has 1 N–H and O–H groups in total. The number of carbonyl (C=O) groups is 1. The highest BCUT2D eigenvalue weighted by Gasteiger charge is 2.47. The predicted octanol–water partition coefficient (Wildman–Crippen LogP) is 3.16. The summed E-state index contributed by atoms with van der Waals surface area (Å²) in [7, 11) is 0. The van der Waals surface area contributed by atoms with E-state index in [1.165, 1.54) is 0 Å². The van der Waals surface area contributed by atoms with Crippen LogP contribution in [0.15, 0.2) is 0 Å². The monoisotopic (exact) mass is 244 g/mol. The molecule has 0 spiro atoms. The van der Waals surface area contributed by atoms with Crippen molar-refractivity contribution in [2.75, 3.05) is 0 Å². The van der Waals surface area contributed by atoms with Gasteiger partial charge in [-0.05, 0) is 40.5 Å². The Morgan fingerprint density at radius 2 is 1.76 bits per heavy atom. The summed E-state index contributed by atoms with van der Waals surface area (Å²) in [6.45, 7) is 7.29. The Kier molecular flexibility index (Phi) is 4.55. The van der Waals surface area contributed by atoms with Gasteiger partial charge in [-0.15, -0.1) is 0 Å². The van der Waals surface area contributed by atoms with Gasteiger partial charge in [-0.1, -0.05) is 19.3 Å². The highest BCUT2D eigenvalue weighted by Crippen LogP contribution is 2.42. The molecule has 0 bridgehead atoms. The van der Waals surface area contributed by atoms with Crippen molar-refractivity contribution in [2.24, 2.45) is 5.41 Å². The van der Waals surface area contributed by atoms with Gasteiger partial charge >= 0.3 is 5.97 Å². The Labute approximate surface area is 103 Å². The molecule has 1 fully saturated rings. The number of carbonyl (C=O) groups excluding carboxylic acids is 1. The zero-order valence-corrected chi connectivity index (χ0v) is 11.3. The molecule has 1 unspecified atom stereocenters. The molecule has 0 aliphatic heterocycles. The average molecular weight is 244 g/mol. The summed E-state index contributed by atoms with van der Waals surface area (Å²) in [5.41, 5.74) is -1.18. The summed E-state index contributed by atoms with van der Waals surface area (Å²) in [6, 6.07) is 0. The molecule has 0 radical (unpaired) electrons. The van der Waals surface area contributed by atoms with Crippen LogP contribution in [0.2, 0.25) is 0 Å². The first-order chi connectivity index (χ1) is 7.82. The van der Waals surface area contributed by atoms with Crippen LogP contribution in [-0.4, -0.2) is 22.9 Å². The zero-order valence-electron chi connectivity index (χ0n) is 11.3. The number of ether oxygens (including phenoxy) is 1. The maximum atomic E-state index is 12.3. The fourth-order valence-electron chi connectivity index (χ4n) is 2.44. The fraction of sp³-hybridized carbons (Fsp3) is 0.923. The highest BCUT2D eigenvalue weighted by atomic mass is 17.1. The summed E-state index contributed by atoms with van der Waals surface area (Å²) in [5.74, 6) is -0.244. The predicted molar refractivity (Wildman–Crippen MR) is 64.5 cm³/mol. The summed E-state index contributed by atoms with van der Waals surface area (Å²) in [4.78, 5) is 16.8. The van der Waals surface area contributed by atoms with Crippen LogP contribution in [0.4, 0.5) is 0 Å². The SMILES string of the molecule is CC(OO)C1(C(=O)OC(C)(C)C)CCCCC1. The minimum absolute atomic E-state index is 0.244. The summed E-state index contributed by atoms with van der Waals surface area (Å²) in [5, 5.41) is 8.89. The van der Waals surface area contributed by atoms with Crippen molar-refractivity contribution in [1.29, 1.82) is 0 Å². The Bertz CT molecular complexity index is 261. The highest BCUT2D eigenvalue weighted by molar-refractivity contribution is 5.78. The van der Waals surface area contributed by atoms with Crippen LogP contribution in [0.5, 0.6) is 0 Å². The molecule has 17 heavy (non-hydrogen) atoms. The molecule has 0 aromatic carbocycles. The maximum Gasteiger partial charge on any atom is 0.315 e. The second-order valence-corrected chi connectivity index (χ2v) is 5.97. The first-order valence-corrected chi connectivity index (χ1v) is 6.35. The molecular formula is C13H24O4. The Morgan fingerprint density at radius 3 is 2.18 bits per heavy atom. The van der Waals surface area contributed by atoms with E-state index in [0.717, 1.165) is 32.1 Å². The van der Waals surface area contributed by atoms with E-state index < -0.39 is 17.1 Å². The number of hydrogen-bond acceptors (Lipinski definition) is 4. The van der Waals surface area contributed by atoms with Gasteiger partial charge in [0, 0.05) is 0 Å². The van der Waals surface area contributed by atoms with Gasteiger partial charge in [0.1, 0.15) is 11.7 Å². The van der Waals surface area contributed by atoms with Gasteiger partial charge in [0.2, 0.25) is 0 Å². The summed E-state index contributed by atoms with van der Waals surface area (Å²) in [6.07, 6.45) is 4.02. The molecule has 1 aliphatic carbocycles. The van der Waals surface area contributed by atoms with E-state index in [4.69, 9.17) is 9.99 Å². The Morgan fingerprint density at radius 1 is 1.24 bits per heavy atom. The lowest BCUT2D eigenvalue weighted by atomic mass is 9.70. The van der Waals surface area contributed by atoms with Crippen molar-refractivity contribution < 1.29 is 19.7 Å². The lowest BCUT2D eigenvalue weighted by molar-refractivity contribution is -0.302. The zero-order chi connectivity index (χ0) is 13.1. The molecule has 0 aromatic heterocycles. The topological polar surface area (TPSA) is 55.8 Å². The van der Waals surface area contributed by atoms with Crippen LogP contribution in [0.1, 0.15) is 59.8 Å². The second kappa shape index (κ2) is 5.36. The molecule has 100 valence electrons. The van der Waals surface area contributed by atoms with Crippen molar-refractivity contribution in [1.82, 2.24) is 0 Å². The molecular weight excluding hydrogens is 220 g/mol. The van der Waals surface area contributed by atoms with Gasteiger partial charge in [0.25, 0.3) is 0 Å². The van der Waals surface area contributed by atoms with E-state index in [9.17, 15) is 4.79 Å². The van der Waals surface area contributed by atoms with Crippen molar-refractivity contribution in [2.45, 2.75) is 71.5 Å². The van der Waals surface area contributed by atoms with Gasteiger partial charge in [-0.25, -0.2) is 4.89 Å². The molecule has 0 aromatic rings. The second-order valence-electron chi connectivity index (χ2n) is 5.97. The van der Waals surface area contributed by atoms with E-state index >= 15 is 0 Å². The van der Waals surface area contributed by atoms with E-state index in [2.05, 4.69) is 4.89 Å². The van der Waals surface area contributed by atoms with Crippen LogP contribution in [-0.2, 0) is 14.4 Å². The number of rotatable bonds is 3. The van der Waals surface area contributed by atoms with Gasteiger partial charge in [-0.3, -0.25) is 10.1 Å². The first kappa shape index (κ1) is 14.5. The van der Waals surface area contributed by atoms with Crippen LogP contribution >= 0.6 is 0 Å². The molecule has 1 aliphatic rings. The number of esters is 1. The van der Waals surface area contributed by atoms with Crippen molar-refractivity contribution in [3.05, 3.63) is 0 Å². The van der Waals surface area contributed by atoms with Gasteiger partial charge in [-0.2, -0.15) is 0 Å². The number of hydrogen-bond donors (Lipinski definition) is 1. The first-order valence-electron chi connectivity index (χ1n) is 6.35. The van der Waals surface area contributed by atoms with Crippen molar-refractivity contribution in [3.63, 3.8) is 0 Å². The van der Waals surface area contributed by atoms with Crippen LogP contribution in [0.3, 0.4) is 0 Å². The maximum absolute atomic E-state index is 12.3. The van der Waals surface area contributed by atoms with Gasteiger partial charge in [0.15, 0.2) is 0 Å². The van der Waals surface area contributed by atoms with Crippen molar-refractivity contribution >= 4 is 5.97 Å². The van der Waals surface area contributed by atoms with E-state index in [1.807, 2.05) is 20.8 Å². The minimum atomic E-state index is -0.680. The summed E-state index contributed by atoms with van der Waals surface area (Å²) < 4.78 is 5.47. The quantitative estimate of drug-likeness (QED) is 0.470. The average Bonchev–Trinajstić information content (AvgIpc) is 2.26. The smallest absolute Gasteiger partial charge is 0.315 e. The van der Waals surface area contributed by atoms with Crippen molar-refractivity contribution in [3.8, 4) is 0 Å². The fourth-order valence-corrected chi connectivity index (χ4v) is 2.44.